The molecule has 1 aromatic rings. The highest BCUT2D eigenvalue weighted by atomic mass is 16.5. The van der Waals surface area contributed by atoms with Gasteiger partial charge in [0.2, 0.25) is 0 Å². The van der Waals surface area contributed by atoms with Crippen LogP contribution in [-0.2, 0) is 20.9 Å². The van der Waals surface area contributed by atoms with Crippen LogP contribution in [-0.4, -0.2) is 17.0 Å². The summed E-state index contributed by atoms with van der Waals surface area (Å²) in [6.07, 6.45) is 12.1. The van der Waals surface area contributed by atoms with E-state index in [9.17, 15) is 14.7 Å². The molecule has 1 N–H and O–H groups in total. The van der Waals surface area contributed by atoms with E-state index in [0.29, 0.717) is 30.3 Å². The number of esters is 1. The minimum absolute atomic E-state index is 0.303. The number of carbonyl (C=O) groups excluding carboxylic acids is 1. The van der Waals surface area contributed by atoms with Crippen LogP contribution in [0, 0.1) is 5.92 Å². The fourth-order valence-electron chi connectivity index (χ4n) is 3.84. The van der Waals surface area contributed by atoms with E-state index >= 15 is 0 Å². The summed E-state index contributed by atoms with van der Waals surface area (Å²) >= 11 is 0. The van der Waals surface area contributed by atoms with E-state index in [-0.39, 0.29) is 5.97 Å². The monoisotopic (exact) mass is 444 g/mol. The number of carboxylic acid groups (broad SMARTS) is 1. The Kier molecular flexibility index (Phi) is 10.8. The molecule has 2 rings (SSSR count). The molecule has 1 aliphatic rings. The average molecular weight is 445 g/mol. The Hall–Kier alpha value is -2.30. The molecule has 0 fully saturated rings. The summed E-state index contributed by atoms with van der Waals surface area (Å²) in [5.74, 6) is -0.163. The van der Waals surface area contributed by atoms with Crippen molar-refractivity contribution < 1.29 is 24.2 Å². The Bertz CT molecular complexity index is 793. The van der Waals surface area contributed by atoms with E-state index in [2.05, 4.69) is 20.8 Å². The smallest absolute Gasteiger partial charge is 0.311 e. The lowest BCUT2D eigenvalue weighted by Crippen LogP contribution is -2.15. The molecule has 1 aliphatic heterocycles. The maximum atomic E-state index is 12.4. The number of hydrogen-bond donors (Lipinski definition) is 1. The van der Waals surface area contributed by atoms with Crippen molar-refractivity contribution in [3.63, 3.8) is 0 Å². The molecule has 0 aliphatic carbocycles. The minimum Gasteiger partial charge on any atom is -0.493 e. The van der Waals surface area contributed by atoms with E-state index in [1.54, 1.807) is 13.0 Å². The Morgan fingerprint density at radius 3 is 2.41 bits per heavy atom. The molecule has 5 nitrogen and oxygen atoms in total. The first kappa shape index (κ1) is 26.0. The van der Waals surface area contributed by atoms with Crippen LogP contribution in [0.15, 0.2) is 17.9 Å². The Balaban J connectivity index is 2.06. The summed E-state index contributed by atoms with van der Waals surface area (Å²) in [4.78, 5) is 24.1. The largest absolute Gasteiger partial charge is 0.493 e. The number of carbonyl (C=O) groups is 2. The Morgan fingerprint density at radius 1 is 1.06 bits per heavy atom. The number of fused-ring (bicyclic) bond motifs is 1. The normalized spacial score (nSPS) is 13.8. The molecule has 0 unspecified atom stereocenters. The molecular weight excluding hydrogens is 404 g/mol. The second kappa shape index (κ2) is 13.3. The Morgan fingerprint density at radius 2 is 1.75 bits per heavy atom. The van der Waals surface area contributed by atoms with E-state index in [4.69, 9.17) is 9.47 Å². The van der Waals surface area contributed by atoms with Gasteiger partial charge < -0.3 is 14.6 Å². The molecule has 0 aromatic heterocycles. The second-order valence-electron chi connectivity index (χ2n) is 9.33. The van der Waals surface area contributed by atoms with Gasteiger partial charge in [-0.15, -0.1) is 0 Å². The molecule has 1 aromatic carbocycles. The van der Waals surface area contributed by atoms with Crippen molar-refractivity contribution in [2.75, 3.05) is 0 Å². The maximum Gasteiger partial charge on any atom is 0.311 e. The SMILES string of the molecule is CCCCCCCCCC(=O)Oc1cc2c(cc1[C@H](C)C(=O)O)C=C(CCC(C)C)OC2. The first-order valence-electron chi connectivity index (χ1n) is 12.3. The second-order valence-corrected chi connectivity index (χ2v) is 9.33. The third kappa shape index (κ3) is 8.33. The molecule has 5 heteroatoms. The molecule has 1 atom stereocenters. The summed E-state index contributed by atoms with van der Waals surface area (Å²) in [6, 6.07) is 3.63. The maximum absolute atomic E-state index is 12.4. The zero-order valence-corrected chi connectivity index (χ0v) is 20.2. The van der Waals surface area contributed by atoms with Gasteiger partial charge in [0, 0.05) is 24.0 Å². The lowest BCUT2D eigenvalue weighted by atomic mass is 9.93. The summed E-state index contributed by atoms with van der Waals surface area (Å²) in [5.41, 5.74) is 2.40. The van der Waals surface area contributed by atoms with Crippen LogP contribution >= 0.6 is 0 Å². The highest BCUT2D eigenvalue weighted by Gasteiger charge is 2.24. The number of carboxylic acids is 1. The lowest BCUT2D eigenvalue weighted by Gasteiger charge is -2.22. The predicted octanol–water partition coefficient (Wildman–Crippen LogP) is 7.23. The number of allylic oxidation sites excluding steroid dienone is 1. The van der Waals surface area contributed by atoms with Crippen molar-refractivity contribution in [2.45, 2.75) is 104 Å². The van der Waals surface area contributed by atoms with Crippen molar-refractivity contribution in [3.05, 3.63) is 34.6 Å². The minimum atomic E-state index is -0.939. The van der Waals surface area contributed by atoms with Gasteiger partial charge in [0.05, 0.1) is 11.7 Å². The quantitative estimate of drug-likeness (QED) is 0.186. The van der Waals surface area contributed by atoms with Gasteiger partial charge in [-0.05, 0) is 49.5 Å². The fourth-order valence-corrected chi connectivity index (χ4v) is 3.84. The molecule has 0 saturated carbocycles. The van der Waals surface area contributed by atoms with Crippen LogP contribution in [0.5, 0.6) is 5.75 Å². The van der Waals surface area contributed by atoms with Gasteiger partial charge in [0.25, 0.3) is 0 Å². The Labute approximate surface area is 193 Å². The lowest BCUT2D eigenvalue weighted by molar-refractivity contribution is -0.139. The molecular formula is C27H40O5. The molecule has 0 amide bonds. The van der Waals surface area contributed by atoms with E-state index in [0.717, 1.165) is 49.0 Å². The van der Waals surface area contributed by atoms with Gasteiger partial charge in [0.15, 0.2) is 0 Å². The van der Waals surface area contributed by atoms with E-state index in [1.807, 2.05) is 12.1 Å². The van der Waals surface area contributed by atoms with E-state index < -0.39 is 11.9 Å². The molecule has 0 bridgehead atoms. The molecule has 32 heavy (non-hydrogen) atoms. The van der Waals surface area contributed by atoms with Crippen LogP contribution in [0.1, 0.15) is 115 Å². The molecule has 0 spiro atoms. The molecule has 1 heterocycles. The first-order chi connectivity index (χ1) is 15.3. The first-order valence-corrected chi connectivity index (χ1v) is 12.3. The summed E-state index contributed by atoms with van der Waals surface area (Å²) in [7, 11) is 0. The van der Waals surface area contributed by atoms with Crippen molar-refractivity contribution in [1.29, 1.82) is 0 Å². The van der Waals surface area contributed by atoms with Crippen LogP contribution in [0.2, 0.25) is 0 Å². The van der Waals surface area contributed by atoms with Gasteiger partial charge >= 0.3 is 11.9 Å². The highest BCUT2D eigenvalue weighted by molar-refractivity contribution is 5.79. The number of benzene rings is 1. The standard InChI is InChI=1S/C27H40O5/c1-5-6-7-8-9-10-11-12-26(28)32-25-17-22-18-31-23(14-13-19(2)3)15-21(22)16-24(25)20(4)27(29)30/h15-17,19-20H,5-14,18H2,1-4H3,(H,29,30)/t20-/m0/s1. The van der Waals surface area contributed by atoms with Crippen molar-refractivity contribution in [3.8, 4) is 5.75 Å². The molecule has 178 valence electrons. The van der Waals surface area contributed by atoms with Gasteiger partial charge in [-0.3, -0.25) is 9.59 Å². The number of rotatable bonds is 14. The van der Waals surface area contributed by atoms with E-state index in [1.165, 1.54) is 25.7 Å². The third-order valence-corrected chi connectivity index (χ3v) is 6.01. The van der Waals surface area contributed by atoms with Crippen LogP contribution < -0.4 is 4.74 Å². The van der Waals surface area contributed by atoms with Gasteiger partial charge in [-0.25, -0.2) is 0 Å². The van der Waals surface area contributed by atoms with Gasteiger partial charge in [-0.2, -0.15) is 0 Å². The zero-order valence-electron chi connectivity index (χ0n) is 20.2. The van der Waals surface area contributed by atoms with Gasteiger partial charge in [0.1, 0.15) is 12.4 Å². The third-order valence-electron chi connectivity index (χ3n) is 6.01. The average Bonchev–Trinajstić information content (AvgIpc) is 2.76. The number of ether oxygens (including phenoxy) is 2. The van der Waals surface area contributed by atoms with Gasteiger partial charge in [-0.1, -0.05) is 59.3 Å². The van der Waals surface area contributed by atoms with Crippen molar-refractivity contribution >= 4 is 18.0 Å². The molecule has 0 radical (unpaired) electrons. The van der Waals surface area contributed by atoms with Crippen LogP contribution in [0.3, 0.4) is 0 Å². The number of hydrogen-bond acceptors (Lipinski definition) is 4. The summed E-state index contributed by atoms with van der Waals surface area (Å²) in [6.45, 7) is 8.59. The van der Waals surface area contributed by atoms with Crippen LogP contribution in [0.25, 0.3) is 6.08 Å². The highest BCUT2D eigenvalue weighted by Crippen LogP contribution is 2.35. The zero-order chi connectivity index (χ0) is 23.5. The summed E-state index contributed by atoms with van der Waals surface area (Å²) < 4.78 is 11.5. The topological polar surface area (TPSA) is 72.8 Å². The fraction of sp³-hybridized carbons (Fsp3) is 0.630. The van der Waals surface area contributed by atoms with Crippen molar-refractivity contribution in [2.24, 2.45) is 5.92 Å². The number of unbranched alkanes of at least 4 members (excludes halogenated alkanes) is 6. The molecule has 0 saturated heterocycles. The number of aliphatic carboxylic acids is 1. The van der Waals surface area contributed by atoms with Crippen LogP contribution in [0.4, 0.5) is 0 Å². The predicted molar refractivity (Wildman–Crippen MR) is 128 cm³/mol. The van der Waals surface area contributed by atoms with Crippen molar-refractivity contribution in [1.82, 2.24) is 0 Å². The summed E-state index contributed by atoms with van der Waals surface area (Å²) in [5, 5.41) is 9.58.